The smallest absolute Gasteiger partial charge is 0.144 e. The SMILES string of the molecule is C[N+]1(Cc2ccccc2)C2CCC1CC(=O)C2.[Br-]. The molecule has 2 bridgehead atoms. The molecule has 0 aliphatic carbocycles. The maximum atomic E-state index is 11.7. The highest BCUT2D eigenvalue weighted by Gasteiger charge is 2.50. The summed E-state index contributed by atoms with van der Waals surface area (Å²) >= 11 is 0. The van der Waals surface area contributed by atoms with E-state index in [4.69, 9.17) is 0 Å². The molecule has 0 aromatic heterocycles. The van der Waals surface area contributed by atoms with Crippen LogP contribution in [0.25, 0.3) is 0 Å². The zero-order valence-electron chi connectivity index (χ0n) is 10.8. The van der Waals surface area contributed by atoms with E-state index in [0.29, 0.717) is 17.9 Å². The number of rotatable bonds is 2. The summed E-state index contributed by atoms with van der Waals surface area (Å²) < 4.78 is 1.09. The lowest BCUT2D eigenvalue weighted by Gasteiger charge is -2.44. The Labute approximate surface area is 119 Å². The van der Waals surface area contributed by atoms with Gasteiger partial charge in [0, 0.05) is 18.4 Å². The largest absolute Gasteiger partial charge is 1.00 e. The molecule has 3 rings (SSSR count). The number of quaternary nitrogens is 1. The van der Waals surface area contributed by atoms with E-state index in [1.165, 1.54) is 18.4 Å². The minimum atomic E-state index is 0. The third-order valence-corrected chi connectivity index (χ3v) is 4.79. The average Bonchev–Trinajstić information content (AvgIpc) is 2.52. The lowest BCUT2D eigenvalue weighted by molar-refractivity contribution is -0.957. The van der Waals surface area contributed by atoms with Gasteiger partial charge in [-0.05, 0) is 0 Å². The van der Waals surface area contributed by atoms with Gasteiger partial charge in [0.1, 0.15) is 12.3 Å². The number of benzene rings is 1. The molecule has 2 saturated heterocycles. The van der Waals surface area contributed by atoms with E-state index in [-0.39, 0.29) is 17.0 Å². The highest BCUT2D eigenvalue weighted by atomic mass is 79.9. The van der Waals surface area contributed by atoms with Gasteiger partial charge in [0.2, 0.25) is 0 Å². The molecule has 2 unspecified atom stereocenters. The van der Waals surface area contributed by atoms with Gasteiger partial charge in [-0.3, -0.25) is 4.79 Å². The first-order valence-electron chi connectivity index (χ1n) is 6.59. The van der Waals surface area contributed by atoms with Crippen LogP contribution in [0.1, 0.15) is 31.2 Å². The minimum Gasteiger partial charge on any atom is -1.00 e. The molecule has 0 radical (unpaired) electrons. The number of hydrogen-bond acceptors (Lipinski definition) is 1. The van der Waals surface area contributed by atoms with E-state index in [9.17, 15) is 4.79 Å². The molecule has 1 aromatic carbocycles. The summed E-state index contributed by atoms with van der Waals surface area (Å²) in [6.45, 7) is 1.09. The zero-order valence-corrected chi connectivity index (χ0v) is 12.4. The molecule has 98 valence electrons. The molecule has 0 spiro atoms. The fraction of sp³-hybridized carbons (Fsp3) is 0.533. The first-order chi connectivity index (χ1) is 8.18. The molecular formula is C15H20BrNO. The summed E-state index contributed by atoms with van der Waals surface area (Å²) in [5.74, 6) is 0.487. The van der Waals surface area contributed by atoms with Crippen LogP contribution in [0.3, 0.4) is 0 Å². The Bertz CT molecular complexity index is 415. The number of hydrogen-bond donors (Lipinski definition) is 0. The van der Waals surface area contributed by atoms with Gasteiger partial charge in [-0.2, -0.15) is 0 Å². The number of piperidine rings is 1. The van der Waals surface area contributed by atoms with E-state index < -0.39 is 0 Å². The van der Waals surface area contributed by atoms with Crippen LogP contribution in [0, 0.1) is 0 Å². The van der Waals surface area contributed by atoms with Gasteiger partial charge >= 0.3 is 0 Å². The molecule has 18 heavy (non-hydrogen) atoms. The number of Topliss-reactive ketones (excluding diaryl/α,β-unsaturated/α-hetero) is 1. The van der Waals surface area contributed by atoms with Crippen LogP contribution in [0.15, 0.2) is 30.3 Å². The van der Waals surface area contributed by atoms with E-state index in [1.54, 1.807) is 0 Å². The summed E-state index contributed by atoms with van der Waals surface area (Å²) in [7, 11) is 2.35. The number of fused-ring (bicyclic) bond motifs is 2. The van der Waals surface area contributed by atoms with Crippen LogP contribution in [0.4, 0.5) is 0 Å². The van der Waals surface area contributed by atoms with Gasteiger partial charge in [0.05, 0.1) is 32.0 Å². The van der Waals surface area contributed by atoms with Crippen molar-refractivity contribution >= 4 is 5.78 Å². The quantitative estimate of drug-likeness (QED) is 0.675. The van der Waals surface area contributed by atoms with E-state index in [0.717, 1.165) is 23.9 Å². The Morgan fingerprint density at radius 3 is 2.22 bits per heavy atom. The number of halogens is 1. The Hall–Kier alpha value is -0.670. The Morgan fingerprint density at radius 1 is 1.11 bits per heavy atom. The molecule has 2 aliphatic rings. The molecule has 2 nitrogen and oxygen atoms in total. The van der Waals surface area contributed by atoms with Crippen LogP contribution < -0.4 is 17.0 Å². The van der Waals surface area contributed by atoms with Crippen LogP contribution in [-0.4, -0.2) is 29.4 Å². The molecule has 3 heteroatoms. The maximum absolute atomic E-state index is 11.7. The summed E-state index contributed by atoms with van der Waals surface area (Å²) in [4.78, 5) is 11.7. The monoisotopic (exact) mass is 309 g/mol. The molecule has 1 aromatic rings. The Kier molecular flexibility index (Phi) is 3.93. The van der Waals surface area contributed by atoms with Crippen molar-refractivity contribution in [1.82, 2.24) is 0 Å². The highest BCUT2D eigenvalue weighted by molar-refractivity contribution is 5.80. The van der Waals surface area contributed by atoms with Gasteiger partial charge in [0.15, 0.2) is 0 Å². The second-order valence-corrected chi connectivity index (χ2v) is 5.82. The third-order valence-electron chi connectivity index (χ3n) is 4.79. The normalized spacial score (nSPS) is 34.2. The summed E-state index contributed by atoms with van der Waals surface area (Å²) in [5, 5.41) is 0. The fourth-order valence-corrected chi connectivity index (χ4v) is 3.74. The number of carbonyl (C=O) groups is 1. The van der Waals surface area contributed by atoms with Crippen molar-refractivity contribution in [3.05, 3.63) is 35.9 Å². The average molecular weight is 310 g/mol. The van der Waals surface area contributed by atoms with Gasteiger partial charge in [-0.25, -0.2) is 0 Å². The first kappa shape index (κ1) is 13.8. The summed E-state index contributed by atoms with van der Waals surface area (Å²) in [5.41, 5.74) is 1.40. The zero-order chi connectivity index (χ0) is 11.9. The van der Waals surface area contributed by atoms with E-state index in [1.807, 2.05) is 0 Å². The lowest BCUT2D eigenvalue weighted by atomic mass is 9.97. The van der Waals surface area contributed by atoms with Gasteiger partial charge < -0.3 is 21.5 Å². The van der Waals surface area contributed by atoms with Crippen LogP contribution in [-0.2, 0) is 11.3 Å². The third kappa shape index (κ3) is 2.26. The number of carbonyl (C=O) groups excluding carboxylic acids is 1. The molecule has 0 N–H and O–H groups in total. The number of ketones is 1. The second-order valence-electron chi connectivity index (χ2n) is 5.82. The van der Waals surface area contributed by atoms with Crippen molar-refractivity contribution < 1.29 is 26.3 Å². The highest BCUT2D eigenvalue weighted by Crippen LogP contribution is 2.41. The van der Waals surface area contributed by atoms with Crippen molar-refractivity contribution in [2.45, 2.75) is 44.3 Å². The van der Waals surface area contributed by atoms with Crippen LogP contribution >= 0.6 is 0 Å². The predicted octanol–water partition coefficient (Wildman–Crippen LogP) is -0.469. The predicted molar refractivity (Wildman–Crippen MR) is 67.4 cm³/mol. The van der Waals surface area contributed by atoms with E-state index in [2.05, 4.69) is 37.4 Å². The molecular weight excluding hydrogens is 290 g/mol. The molecule has 2 aliphatic heterocycles. The van der Waals surface area contributed by atoms with Crippen molar-refractivity contribution in [3.63, 3.8) is 0 Å². The van der Waals surface area contributed by atoms with Crippen molar-refractivity contribution in [2.24, 2.45) is 0 Å². The van der Waals surface area contributed by atoms with Gasteiger partial charge in [-0.1, -0.05) is 30.3 Å². The van der Waals surface area contributed by atoms with Crippen molar-refractivity contribution in [3.8, 4) is 0 Å². The molecule has 2 fully saturated rings. The molecule has 2 atom stereocenters. The van der Waals surface area contributed by atoms with Crippen LogP contribution in [0.5, 0.6) is 0 Å². The fourth-order valence-electron chi connectivity index (χ4n) is 3.74. The maximum Gasteiger partial charge on any atom is 0.144 e. The molecule has 0 amide bonds. The standard InChI is InChI=1S/C15H20NO.BrH/c1-16(11-12-5-3-2-4-6-12)13-7-8-14(16)10-15(17)9-13;/h2-6,13-14H,7-11H2,1H3;1H/q+1;/p-1. The summed E-state index contributed by atoms with van der Waals surface area (Å²) in [6.07, 6.45) is 4.08. The number of nitrogens with zero attached hydrogens (tertiary/aromatic N) is 1. The van der Waals surface area contributed by atoms with Crippen LogP contribution in [0.2, 0.25) is 0 Å². The van der Waals surface area contributed by atoms with Crippen molar-refractivity contribution in [1.29, 1.82) is 0 Å². The summed E-state index contributed by atoms with van der Waals surface area (Å²) in [6, 6.07) is 11.8. The first-order valence-corrected chi connectivity index (χ1v) is 6.59. The topological polar surface area (TPSA) is 17.1 Å². The van der Waals surface area contributed by atoms with Gasteiger partial charge in [0.25, 0.3) is 0 Å². The molecule has 0 saturated carbocycles. The van der Waals surface area contributed by atoms with Gasteiger partial charge in [-0.15, -0.1) is 0 Å². The van der Waals surface area contributed by atoms with E-state index >= 15 is 0 Å². The Balaban J connectivity index is 0.00000120. The lowest BCUT2D eigenvalue weighted by Crippen LogP contribution is -3.00. The second kappa shape index (κ2) is 5.14. The Morgan fingerprint density at radius 2 is 1.67 bits per heavy atom. The molecule has 2 heterocycles. The van der Waals surface area contributed by atoms with Crippen molar-refractivity contribution in [2.75, 3.05) is 7.05 Å². The minimum absolute atomic E-state index is 0.